The van der Waals surface area contributed by atoms with Crippen molar-refractivity contribution < 1.29 is 14.7 Å². The van der Waals surface area contributed by atoms with E-state index >= 15 is 0 Å². The van der Waals surface area contributed by atoms with Gasteiger partial charge in [-0.05, 0) is 104 Å². The average molecular weight is 438 g/mol. The van der Waals surface area contributed by atoms with Crippen LogP contribution in [0.5, 0.6) is 0 Å². The Morgan fingerprint density at radius 3 is 2.75 bits per heavy atom. The van der Waals surface area contributed by atoms with Crippen LogP contribution in [0.4, 0.5) is 4.39 Å². The number of benzene rings is 1. The number of oxime groups is 1. The first-order valence-electron chi connectivity index (χ1n) is 12.4. The van der Waals surface area contributed by atoms with Gasteiger partial charge in [0.25, 0.3) is 0 Å². The lowest BCUT2D eigenvalue weighted by Gasteiger charge is -2.58. The van der Waals surface area contributed by atoms with Gasteiger partial charge < -0.3 is 10.3 Å². The van der Waals surface area contributed by atoms with Crippen molar-refractivity contribution in [3.8, 4) is 0 Å². The summed E-state index contributed by atoms with van der Waals surface area (Å²) in [6.07, 6.45) is 14.7. The van der Waals surface area contributed by atoms with E-state index in [2.05, 4.69) is 25.1 Å². The standard InChI is InChI=1S/C28H36FNO2/c1-27-14-12-21(31)17-19(27)7-8-22-23-9-10-25(28(23,2)15-13-24(22)27)26(30-32)11-6-18-4-3-5-20(29)16-18/h3-7,11,16,21-25,31-32H,8-10,12-15,17H2,1-2H3/b11-6+,30-26+/t21-,22-,23-,24-,25+,27-,28-/m0/s1. The van der Waals surface area contributed by atoms with Gasteiger partial charge in [0, 0.05) is 5.92 Å². The SMILES string of the molecule is C[C@]12CC[C@H]3[C@@H](CC=C4C[C@@H](O)CC[C@@]43C)[C@@H]1CC[C@@H]2C(/C=C/c1cccc(F)c1)=N/O. The smallest absolute Gasteiger partial charge is 0.123 e. The lowest BCUT2D eigenvalue weighted by atomic mass is 9.47. The zero-order valence-corrected chi connectivity index (χ0v) is 19.3. The highest BCUT2D eigenvalue weighted by molar-refractivity contribution is 6.00. The van der Waals surface area contributed by atoms with E-state index in [9.17, 15) is 14.7 Å². The largest absolute Gasteiger partial charge is 0.411 e. The summed E-state index contributed by atoms with van der Waals surface area (Å²) in [6, 6.07) is 6.52. The fourth-order valence-electron chi connectivity index (χ4n) is 8.14. The van der Waals surface area contributed by atoms with Gasteiger partial charge in [0.2, 0.25) is 0 Å². The summed E-state index contributed by atoms with van der Waals surface area (Å²) in [5, 5.41) is 23.9. The highest BCUT2D eigenvalue weighted by Gasteiger charge is 2.59. The molecule has 0 radical (unpaired) electrons. The molecule has 172 valence electrons. The third kappa shape index (κ3) is 3.46. The number of hydrogen-bond acceptors (Lipinski definition) is 3. The maximum absolute atomic E-state index is 13.6. The highest BCUT2D eigenvalue weighted by atomic mass is 19.1. The number of aliphatic hydroxyl groups is 1. The molecule has 1 aromatic rings. The molecule has 0 amide bonds. The van der Waals surface area contributed by atoms with Crippen LogP contribution >= 0.6 is 0 Å². The molecule has 0 spiro atoms. The minimum atomic E-state index is -0.255. The van der Waals surface area contributed by atoms with Crippen LogP contribution in [0.3, 0.4) is 0 Å². The molecule has 0 saturated heterocycles. The summed E-state index contributed by atoms with van der Waals surface area (Å²) in [4.78, 5) is 0. The van der Waals surface area contributed by atoms with Crippen molar-refractivity contribution in [1.29, 1.82) is 0 Å². The Kier molecular flexibility index (Phi) is 5.56. The first-order chi connectivity index (χ1) is 15.3. The Hall–Kier alpha value is -1.94. The number of hydrogen-bond donors (Lipinski definition) is 2. The molecule has 5 rings (SSSR count). The molecule has 32 heavy (non-hydrogen) atoms. The van der Waals surface area contributed by atoms with Gasteiger partial charge in [-0.2, -0.15) is 0 Å². The van der Waals surface area contributed by atoms with E-state index in [0.717, 1.165) is 49.8 Å². The Labute approximate surface area is 191 Å². The quantitative estimate of drug-likeness (QED) is 0.242. The summed E-state index contributed by atoms with van der Waals surface area (Å²) < 4.78 is 13.6. The van der Waals surface area contributed by atoms with Crippen LogP contribution in [-0.4, -0.2) is 22.1 Å². The molecule has 4 aliphatic carbocycles. The van der Waals surface area contributed by atoms with Gasteiger partial charge in [-0.1, -0.05) is 48.9 Å². The summed E-state index contributed by atoms with van der Waals surface area (Å²) in [5.74, 6) is 1.98. The van der Waals surface area contributed by atoms with Crippen molar-refractivity contribution in [3.05, 3.63) is 53.4 Å². The number of halogens is 1. The fraction of sp³-hybridized carbons (Fsp3) is 0.607. The molecule has 4 heteroatoms. The third-order valence-electron chi connectivity index (χ3n) is 9.85. The molecular weight excluding hydrogens is 401 g/mol. The van der Waals surface area contributed by atoms with Gasteiger partial charge >= 0.3 is 0 Å². The molecule has 1 aromatic carbocycles. The monoisotopic (exact) mass is 437 g/mol. The lowest BCUT2D eigenvalue weighted by molar-refractivity contribution is -0.0424. The van der Waals surface area contributed by atoms with Crippen molar-refractivity contribution in [2.24, 2.45) is 39.7 Å². The number of nitrogens with zero attached hydrogens (tertiary/aromatic N) is 1. The summed E-state index contributed by atoms with van der Waals surface area (Å²) in [7, 11) is 0. The van der Waals surface area contributed by atoms with E-state index in [4.69, 9.17) is 0 Å². The summed E-state index contributed by atoms with van der Waals surface area (Å²) >= 11 is 0. The second kappa shape index (κ2) is 8.13. The molecule has 0 heterocycles. The third-order valence-corrected chi connectivity index (χ3v) is 9.85. The van der Waals surface area contributed by atoms with Crippen LogP contribution in [-0.2, 0) is 0 Å². The van der Waals surface area contributed by atoms with E-state index in [1.54, 1.807) is 6.07 Å². The summed E-state index contributed by atoms with van der Waals surface area (Å²) in [5.41, 5.74) is 3.40. The number of aliphatic hydroxyl groups excluding tert-OH is 1. The molecular formula is C28H36FNO2. The fourth-order valence-corrected chi connectivity index (χ4v) is 8.14. The van der Waals surface area contributed by atoms with Crippen molar-refractivity contribution in [3.63, 3.8) is 0 Å². The minimum Gasteiger partial charge on any atom is -0.411 e. The average Bonchev–Trinajstić information content (AvgIpc) is 3.12. The Balaban J connectivity index is 1.39. The first-order valence-corrected chi connectivity index (χ1v) is 12.4. The van der Waals surface area contributed by atoms with Crippen LogP contribution < -0.4 is 0 Å². The van der Waals surface area contributed by atoms with Gasteiger partial charge in [-0.3, -0.25) is 0 Å². The van der Waals surface area contributed by atoms with Crippen LogP contribution in [0.2, 0.25) is 0 Å². The van der Waals surface area contributed by atoms with Crippen molar-refractivity contribution in [2.75, 3.05) is 0 Å². The van der Waals surface area contributed by atoms with Crippen LogP contribution in [0.15, 0.2) is 47.1 Å². The molecule has 0 aliphatic heterocycles. The maximum Gasteiger partial charge on any atom is 0.123 e. The van der Waals surface area contributed by atoms with Gasteiger partial charge in [-0.25, -0.2) is 4.39 Å². The van der Waals surface area contributed by atoms with Crippen molar-refractivity contribution in [2.45, 2.75) is 71.3 Å². The van der Waals surface area contributed by atoms with Gasteiger partial charge in [0.1, 0.15) is 5.82 Å². The summed E-state index contributed by atoms with van der Waals surface area (Å²) in [6.45, 7) is 4.87. The van der Waals surface area contributed by atoms with Gasteiger partial charge in [0.15, 0.2) is 0 Å². The van der Waals surface area contributed by atoms with E-state index < -0.39 is 0 Å². The van der Waals surface area contributed by atoms with Gasteiger partial charge in [0.05, 0.1) is 11.8 Å². The molecule has 3 fully saturated rings. The van der Waals surface area contributed by atoms with Crippen molar-refractivity contribution in [1.82, 2.24) is 0 Å². The highest BCUT2D eigenvalue weighted by Crippen LogP contribution is 2.66. The number of fused-ring (bicyclic) bond motifs is 5. The Morgan fingerprint density at radius 1 is 1.12 bits per heavy atom. The van der Waals surface area contributed by atoms with Crippen LogP contribution in [0.25, 0.3) is 6.08 Å². The number of rotatable bonds is 3. The molecule has 2 N–H and O–H groups in total. The van der Waals surface area contributed by atoms with Crippen LogP contribution in [0, 0.1) is 40.3 Å². The van der Waals surface area contributed by atoms with E-state index in [0.29, 0.717) is 17.8 Å². The maximum atomic E-state index is 13.6. The van der Waals surface area contributed by atoms with E-state index in [-0.39, 0.29) is 28.7 Å². The second-order valence-electron chi connectivity index (χ2n) is 11.2. The van der Waals surface area contributed by atoms with Gasteiger partial charge in [-0.15, -0.1) is 0 Å². The zero-order valence-electron chi connectivity index (χ0n) is 19.3. The first kappa shape index (κ1) is 21.9. The lowest BCUT2D eigenvalue weighted by Crippen LogP contribution is -2.51. The second-order valence-corrected chi connectivity index (χ2v) is 11.2. The predicted molar refractivity (Wildman–Crippen MR) is 126 cm³/mol. The minimum absolute atomic E-state index is 0.130. The van der Waals surface area contributed by atoms with Crippen LogP contribution in [0.1, 0.15) is 70.8 Å². The molecule has 0 bridgehead atoms. The zero-order chi connectivity index (χ0) is 22.5. The Bertz CT molecular complexity index is 968. The molecule has 7 atom stereocenters. The topological polar surface area (TPSA) is 52.8 Å². The molecule has 3 saturated carbocycles. The Morgan fingerprint density at radius 2 is 1.97 bits per heavy atom. The molecule has 0 unspecified atom stereocenters. The normalized spacial score (nSPS) is 41.7. The van der Waals surface area contributed by atoms with Crippen molar-refractivity contribution >= 4 is 11.8 Å². The predicted octanol–water partition coefficient (Wildman–Crippen LogP) is 6.61. The molecule has 3 nitrogen and oxygen atoms in total. The van der Waals surface area contributed by atoms with E-state index in [1.807, 2.05) is 18.2 Å². The molecule has 0 aromatic heterocycles. The molecule has 4 aliphatic rings. The van der Waals surface area contributed by atoms with E-state index in [1.165, 1.54) is 30.5 Å². The number of allylic oxidation sites excluding steroid dienone is 2.